The molecule has 1 fully saturated rings. The molecule has 2 heteroatoms. The number of carbonyl (C=O) groups is 1. The molecule has 1 aliphatic carbocycles. The monoisotopic (exact) mass is 184 g/mol. The first-order valence-corrected chi connectivity index (χ1v) is 5.01. The van der Waals surface area contributed by atoms with Gasteiger partial charge < -0.3 is 5.11 Å². The Morgan fingerprint density at radius 1 is 1.38 bits per heavy atom. The van der Waals surface area contributed by atoms with E-state index in [1.54, 1.807) is 0 Å². The van der Waals surface area contributed by atoms with Crippen LogP contribution in [0.3, 0.4) is 0 Å². The molecule has 0 heterocycles. The van der Waals surface area contributed by atoms with Crippen molar-refractivity contribution in [2.45, 2.75) is 47.0 Å². The average Bonchev–Trinajstić information content (AvgIpc) is 1.80. The van der Waals surface area contributed by atoms with Gasteiger partial charge >= 0.3 is 5.97 Å². The summed E-state index contributed by atoms with van der Waals surface area (Å²) in [5, 5.41) is 9.16. The lowest BCUT2D eigenvalue weighted by molar-refractivity contribution is -0.166. The lowest BCUT2D eigenvalue weighted by Gasteiger charge is -2.51. The zero-order valence-electron chi connectivity index (χ0n) is 9.05. The minimum Gasteiger partial charge on any atom is -0.481 e. The van der Waals surface area contributed by atoms with E-state index in [1.165, 1.54) is 0 Å². The van der Waals surface area contributed by atoms with E-state index in [4.69, 9.17) is 5.11 Å². The molecule has 0 spiro atoms. The van der Waals surface area contributed by atoms with Crippen LogP contribution >= 0.6 is 0 Å². The molecule has 0 bridgehead atoms. The molecule has 0 amide bonds. The second kappa shape index (κ2) is 3.00. The van der Waals surface area contributed by atoms with Gasteiger partial charge in [-0.2, -0.15) is 0 Å². The van der Waals surface area contributed by atoms with Gasteiger partial charge in [0.1, 0.15) is 0 Å². The molecule has 0 saturated heterocycles. The zero-order valence-corrected chi connectivity index (χ0v) is 9.05. The van der Waals surface area contributed by atoms with Crippen molar-refractivity contribution in [1.29, 1.82) is 0 Å². The Labute approximate surface area is 80.3 Å². The molecule has 0 aromatic carbocycles. The van der Waals surface area contributed by atoms with E-state index in [1.807, 2.05) is 0 Å². The van der Waals surface area contributed by atoms with Crippen molar-refractivity contribution in [3.8, 4) is 0 Å². The third kappa shape index (κ3) is 2.04. The van der Waals surface area contributed by atoms with Gasteiger partial charge in [0, 0.05) is 0 Å². The summed E-state index contributed by atoms with van der Waals surface area (Å²) in [6, 6.07) is 0. The Morgan fingerprint density at radius 2 is 1.85 bits per heavy atom. The van der Waals surface area contributed by atoms with Crippen LogP contribution < -0.4 is 0 Å². The summed E-state index contributed by atoms with van der Waals surface area (Å²) in [7, 11) is 0. The van der Waals surface area contributed by atoms with Crippen LogP contribution in [0.5, 0.6) is 0 Å². The van der Waals surface area contributed by atoms with Gasteiger partial charge in [-0.1, -0.05) is 27.7 Å². The lowest BCUT2D eigenvalue weighted by Crippen LogP contribution is -2.49. The van der Waals surface area contributed by atoms with Crippen LogP contribution in [-0.4, -0.2) is 11.1 Å². The fourth-order valence-electron chi connectivity index (χ4n) is 2.94. The van der Waals surface area contributed by atoms with Gasteiger partial charge in [0.05, 0.1) is 5.41 Å². The second-order valence-electron chi connectivity index (χ2n) is 5.70. The molecule has 0 atom stereocenters. The topological polar surface area (TPSA) is 37.3 Å². The summed E-state index contributed by atoms with van der Waals surface area (Å²) in [6.45, 7) is 8.48. The summed E-state index contributed by atoms with van der Waals surface area (Å²) in [5.74, 6) is -0.118. The molecule has 13 heavy (non-hydrogen) atoms. The van der Waals surface area contributed by atoms with Gasteiger partial charge in [-0.25, -0.2) is 0 Å². The SMILES string of the molecule is CC(C)CC1(C(=O)O)CC(C)(C)C1. The van der Waals surface area contributed by atoms with E-state index in [0.29, 0.717) is 5.92 Å². The average molecular weight is 184 g/mol. The Hall–Kier alpha value is -0.530. The van der Waals surface area contributed by atoms with Gasteiger partial charge in [0.15, 0.2) is 0 Å². The Kier molecular flexibility index (Phi) is 2.44. The van der Waals surface area contributed by atoms with Crippen LogP contribution in [-0.2, 0) is 4.79 Å². The van der Waals surface area contributed by atoms with Crippen molar-refractivity contribution in [2.24, 2.45) is 16.7 Å². The van der Waals surface area contributed by atoms with Gasteiger partial charge in [0.25, 0.3) is 0 Å². The summed E-state index contributed by atoms with van der Waals surface area (Å²) in [6.07, 6.45) is 2.51. The van der Waals surface area contributed by atoms with E-state index in [2.05, 4.69) is 27.7 Å². The zero-order chi connectivity index (χ0) is 10.3. The van der Waals surface area contributed by atoms with Crippen molar-refractivity contribution in [1.82, 2.24) is 0 Å². The van der Waals surface area contributed by atoms with Crippen LogP contribution in [0.2, 0.25) is 0 Å². The molecule has 1 aliphatic rings. The number of hydrogen-bond donors (Lipinski definition) is 1. The number of hydrogen-bond acceptors (Lipinski definition) is 1. The Balaban J connectivity index is 2.66. The van der Waals surface area contributed by atoms with E-state index in [0.717, 1.165) is 19.3 Å². The normalized spacial score (nSPS) is 24.1. The third-order valence-electron chi connectivity index (χ3n) is 2.89. The first-order chi connectivity index (χ1) is 5.77. The quantitative estimate of drug-likeness (QED) is 0.732. The molecular formula is C11H20O2. The van der Waals surface area contributed by atoms with Crippen molar-refractivity contribution in [3.05, 3.63) is 0 Å². The van der Waals surface area contributed by atoms with Crippen molar-refractivity contribution in [2.75, 3.05) is 0 Å². The van der Waals surface area contributed by atoms with Gasteiger partial charge in [-0.3, -0.25) is 4.79 Å². The lowest BCUT2D eigenvalue weighted by atomic mass is 9.52. The maximum atomic E-state index is 11.1. The number of aliphatic carboxylic acids is 1. The van der Waals surface area contributed by atoms with Gasteiger partial charge in [-0.05, 0) is 30.6 Å². The molecule has 1 saturated carbocycles. The predicted octanol–water partition coefficient (Wildman–Crippen LogP) is 2.92. The highest BCUT2D eigenvalue weighted by Crippen LogP contribution is 2.57. The molecule has 0 aromatic heterocycles. The standard InChI is InChI=1S/C11H20O2/c1-8(2)5-11(9(12)13)6-10(3,4)7-11/h8H,5-7H2,1-4H3,(H,12,13). The molecule has 0 aliphatic heterocycles. The number of carboxylic acids is 1. The van der Waals surface area contributed by atoms with Crippen LogP contribution in [0.25, 0.3) is 0 Å². The molecule has 0 unspecified atom stereocenters. The molecule has 0 radical (unpaired) electrons. The van der Waals surface area contributed by atoms with E-state index in [-0.39, 0.29) is 5.41 Å². The predicted molar refractivity (Wildman–Crippen MR) is 52.5 cm³/mol. The summed E-state index contributed by atoms with van der Waals surface area (Å²) in [5.41, 5.74) is -0.162. The van der Waals surface area contributed by atoms with Crippen molar-refractivity contribution >= 4 is 5.97 Å². The third-order valence-corrected chi connectivity index (χ3v) is 2.89. The minimum atomic E-state index is -0.597. The summed E-state index contributed by atoms with van der Waals surface area (Å²) in [4.78, 5) is 11.1. The first-order valence-electron chi connectivity index (χ1n) is 5.01. The van der Waals surface area contributed by atoms with Gasteiger partial charge in [0.2, 0.25) is 0 Å². The second-order valence-corrected chi connectivity index (χ2v) is 5.70. The van der Waals surface area contributed by atoms with Crippen LogP contribution in [0, 0.1) is 16.7 Å². The largest absolute Gasteiger partial charge is 0.481 e. The summed E-state index contributed by atoms with van der Waals surface area (Å²) < 4.78 is 0. The summed E-state index contributed by atoms with van der Waals surface area (Å²) >= 11 is 0. The smallest absolute Gasteiger partial charge is 0.309 e. The van der Waals surface area contributed by atoms with E-state index in [9.17, 15) is 4.79 Å². The van der Waals surface area contributed by atoms with Crippen molar-refractivity contribution < 1.29 is 9.90 Å². The van der Waals surface area contributed by atoms with E-state index < -0.39 is 11.4 Å². The molecular weight excluding hydrogens is 164 g/mol. The highest BCUT2D eigenvalue weighted by atomic mass is 16.4. The van der Waals surface area contributed by atoms with Gasteiger partial charge in [-0.15, -0.1) is 0 Å². The molecule has 2 nitrogen and oxygen atoms in total. The van der Waals surface area contributed by atoms with Crippen LogP contribution in [0.15, 0.2) is 0 Å². The maximum Gasteiger partial charge on any atom is 0.309 e. The molecule has 76 valence electrons. The Bertz CT molecular complexity index is 203. The fourth-order valence-corrected chi connectivity index (χ4v) is 2.94. The molecule has 1 rings (SSSR count). The van der Waals surface area contributed by atoms with E-state index >= 15 is 0 Å². The number of carboxylic acid groups (broad SMARTS) is 1. The number of rotatable bonds is 3. The molecule has 0 aromatic rings. The first kappa shape index (κ1) is 10.6. The van der Waals surface area contributed by atoms with Crippen LogP contribution in [0.4, 0.5) is 0 Å². The highest BCUT2D eigenvalue weighted by molar-refractivity contribution is 5.76. The van der Waals surface area contributed by atoms with Crippen LogP contribution in [0.1, 0.15) is 47.0 Å². The highest BCUT2D eigenvalue weighted by Gasteiger charge is 2.54. The molecule has 1 N–H and O–H groups in total. The Morgan fingerprint density at radius 3 is 2.08 bits per heavy atom. The van der Waals surface area contributed by atoms with Crippen molar-refractivity contribution in [3.63, 3.8) is 0 Å². The maximum absolute atomic E-state index is 11.1. The fraction of sp³-hybridized carbons (Fsp3) is 0.909. The minimum absolute atomic E-state index is 0.243.